The number of halogens is 2. The second kappa shape index (κ2) is 9.03. The minimum Gasteiger partial charge on any atom is -0.326 e. The molecule has 0 spiro atoms. The Morgan fingerprint density at radius 3 is 2.45 bits per heavy atom. The van der Waals surface area contributed by atoms with Gasteiger partial charge in [0.2, 0.25) is 15.9 Å². The molecule has 0 saturated heterocycles. The predicted octanol–water partition coefficient (Wildman–Crippen LogP) is 5.33. The second-order valence-electron chi connectivity index (χ2n) is 6.64. The Kier molecular flexibility index (Phi) is 6.67. The van der Waals surface area contributed by atoms with Crippen LogP contribution in [-0.4, -0.2) is 27.1 Å². The summed E-state index contributed by atoms with van der Waals surface area (Å²) in [5, 5.41) is 5.63. The van der Waals surface area contributed by atoms with Crippen LogP contribution in [0.1, 0.15) is 12.8 Å². The van der Waals surface area contributed by atoms with Gasteiger partial charge in [0.25, 0.3) is 0 Å². The van der Waals surface area contributed by atoms with Crippen LogP contribution in [0.4, 0.5) is 11.4 Å². The molecule has 0 aliphatic heterocycles. The van der Waals surface area contributed by atoms with Crippen molar-refractivity contribution in [3.8, 4) is 0 Å². The molecule has 3 aromatic rings. The highest BCUT2D eigenvalue weighted by atomic mass is 35.5. The third-order valence-corrected chi connectivity index (χ3v) is 6.11. The number of hydrogen-bond donors (Lipinski definition) is 1. The number of rotatable bonds is 7. The maximum absolute atomic E-state index is 12.3. The van der Waals surface area contributed by atoms with Gasteiger partial charge in [-0.3, -0.25) is 9.10 Å². The third kappa shape index (κ3) is 5.63. The first kappa shape index (κ1) is 21.4. The molecule has 0 atom stereocenters. The number of hydrogen-bond acceptors (Lipinski definition) is 3. The van der Waals surface area contributed by atoms with E-state index in [2.05, 4.69) is 5.32 Å². The van der Waals surface area contributed by atoms with E-state index in [4.69, 9.17) is 23.2 Å². The molecule has 1 N–H and O–H groups in total. The van der Waals surface area contributed by atoms with Crippen LogP contribution in [0.3, 0.4) is 0 Å². The summed E-state index contributed by atoms with van der Waals surface area (Å²) in [6, 6.07) is 18.2. The zero-order valence-electron chi connectivity index (χ0n) is 15.7. The normalized spacial score (nSPS) is 11.4. The van der Waals surface area contributed by atoms with Crippen LogP contribution in [0, 0.1) is 0 Å². The highest BCUT2D eigenvalue weighted by Crippen LogP contribution is 2.31. The molecule has 0 unspecified atom stereocenters. The Bertz CT molecular complexity index is 1150. The van der Waals surface area contributed by atoms with Crippen LogP contribution in [0.25, 0.3) is 10.8 Å². The van der Waals surface area contributed by atoms with Gasteiger partial charge < -0.3 is 5.32 Å². The van der Waals surface area contributed by atoms with Crippen molar-refractivity contribution in [2.24, 2.45) is 0 Å². The minimum atomic E-state index is -3.58. The molecule has 0 heterocycles. The summed E-state index contributed by atoms with van der Waals surface area (Å²) < 4.78 is 25.6. The van der Waals surface area contributed by atoms with Crippen LogP contribution in [0.5, 0.6) is 0 Å². The lowest BCUT2D eigenvalue weighted by molar-refractivity contribution is -0.116. The molecule has 152 valence electrons. The summed E-state index contributed by atoms with van der Waals surface area (Å²) in [5.41, 5.74) is 1.00. The number of anilines is 2. The van der Waals surface area contributed by atoms with Crippen molar-refractivity contribution < 1.29 is 13.2 Å². The summed E-state index contributed by atoms with van der Waals surface area (Å²) >= 11 is 12.1. The molecular formula is C21H20Cl2N2O3S. The van der Waals surface area contributed by atoms with Gasteiger partial charge in [0.1, 0.15) is 0 Å². The van der Waals surface area contributed by atoms with Crippen molar-refractivity contribution in [1.82, 2.24) is 0 Å². The summed E-state index contributed by atoms with van der Waals surface area (Å²) in [4.78, 5) is 12.3. The van der Waals surface area contributed by atoms with Crippen molar-refractivity contribution in [2.75, 3.05) is 22.4 Å². The molecular weight excluding hydrogens is 431 g/mol. The number of carbonyl (C=O) groups is 1. The minimum absolute atomic E-state index is 0.115. The lowest BCUT2D eigenvalue weighted by Gasteiger charge is -2.23. The number of amides is 1. The van der Waals surface area contributed by atoms with Gasteiger partial charge in [0.05, 0.1) is 17.0 Å². The fourth-order valence-corrected chi connectivity index (χ4v) is 4.42. The van der Waals surface area contributed by atoms with Gasteiger partial charge in [0.15, 0.2) is 0 Å². The van der Waals surface area contributed by atoms with Gasteiger partial charge >= 0.3 is 0 Å². The summed E-state index contributed by atoms with van der Waals surface area (Å²) in [6.45, 7) is 0.115. The molecule has 3 aromatic carbocycles. The average molecular weight is 451 g/mol. The van der Waals surface area contributed by atoms with E-state index in [0.29, 0.717) is 22.8 Å². The largest absolute Gasteiger partial charge is 0.326 e. The highest BCUT2D eigenvalue weighted by molar-refractivity contribution is 7.92. The van der Waals surface area contributed by atoms with Crippen molar-refractivity contribution in [2.45, 2.75) is 12.8 Å². The zero-order valence-corrected chi connectivity index (χ0v) is 18.1. The highest BCUT2D eigenvalue weighted by Gasteiger charge is 2.20. The summed E-state index contributed by atoms with van der Waals surface area (Å²) in [5.74, 6) is -0.189. The van der Waals surface area contributed by atoms with Gasteiger partial charge in [-0.1, -0.05) is 53.5 Å². The Balaban J connectivity index is 1.64. The van der Waals surface area contributed by atoms with Gasteiger partial charge in [-0.05, 0) is 47.5 Å². The Hall–Kier alpha value is -2.28. The second-order valence-corrected chi connectivity index (χ2v) is 9.39. The SMILES string of the molecule is CS(=O)(=O)N(CCCC(=O)Nc1ccc2ccccc2c1)c1cc(Cl)ccc1Cl. The van der Waals surface area contributed by atoms with E-state index in [1.165, 1.54) is 10.4 Å². The van der Waals surface area contributed by atoms with E-state index in [1.54, 1.807) is 12.1 Å². The smallest absolute Gasteiger partial charge is 0.232 e. The van der Waals surface area contributed by atoms with Gasteiger partial charge in [-0.25, -0.2) is 8.42 Å². The first-order valence-electron chi connectivity index (χ1n) is 8.95. The first-order valence-corrected chi connectivity index (χ1v) is 11.6. The number of nitrogens with one attached hydrogen (secondary N) is 1. The molecule has 0 aromatic heterocycles. The number of nitrogens with zero attached hydrogens (tertiary/aromatic N) is 1. The standard InChI is InChI=1S/C21H20Cl2N2O3S/c1-29(27,28)25(20-14-17(22)9-11-19(20)23)12-4-7-21(26)24-18-10-8-15-5-2-3-6-16(15)13-18/h2-3,5-6,8-11,13-14H,4,7,12H2,1H3,(H,24,26). The zero-order chi connectivity index (χ0) is 21.0. The van der Waals surface area contributed by atoms with Gasteiger partial charge in [-0.2, -0.15) is 0 Å². The molecule has 0 aliphatic rings. The van der Waals surface area contributed by atoms with Crippen molar-refractivity contribution in [3.05, 3.63) is 70.7 Å². The quantitative estimate of drug-likeness (QED) is 0.528. The lowest BCUT2D eigenvalue weighted by atomic mass is 10.1. The average Bonchev–Trinajstić information content (AvgIpc) is 2.66. The molecule has 29 heavy (non-hydrogen) atoms. The van der Waals surface area contributed by atoms with Crippen molar-refractivity contribution >= 4 is 61.3 Å². The van der Waals surface area contributed by atoms with E-state index < -0.39 is 10.0 Å². The summed E-state index contributed by atoms with van der Waals surface area (Å²) in [7, 11) is -3.58. The van der Waals surface area contributed by atoms with Crippen LogP contribution in [-0.2, 0) is 14.8 Å². The monoisotopic (exact) mass is 450 g/mol. The Morgan fingerprint density at radius 1 is 1.00 bits per heavy atom. The molecule has 0 radical (unpaired) electrons. The van der Waals surface area contributed by atoms with E-state index in [-0.39, 0.29) is 23.9 Å². The van der Waals surface area contributed by atoms with Crippen molar-refractivity contribution in [1.29, 1.82) is 0 Å². The van der Waals surface area contributed by atoms with Crippen LogP contribution >= 0.6 is 23.2 Å². The Labute approximate surface area is 180 Å². The van der Waals surface area contributed by atoms with Gasteiger partial charge in [0, 0.05) is 23.7 Å². The summed E-state index contributed by atoms with van der Waals surface area (Å²) in [6.07, 6.45) is 1.59. The van der Waals surface area contributed by atoms with E-state index in [9.17, 15) is 13.2 Å². The lowest BCUT2D eigenvalue weighted by Crippen LogP contribution is -2.31. The number of fused-ring (bicyclic) bond motifs is 1. The topological polar surface area (TPSA) is 66.5 Å². The fraction of sp³-hybridized carbons (Fsp3) is 0.190. The number of benzene rings is 3. The van der Waals surface area contributed by atoms with Crippen molar-refractivity contribution in [3.63, 3.8) is 0 Å². The molecule has 0 aliphatic carbocycles. The van der Waals surface area contributed by atoms with Crippen LogP contribution in [0.2, 0.25) is 10.0 Å². The predicted molar refractivity (Wildman–Crippen MR) is 120 cm³/mol. The van der Waals surface area contributed by atoms with Gasteiger partial charge in [-0.15, -0.1) is 0 Å². The van der Waals surface area contributed by atoms with Crippen LogP contribution < -0.4 is 9.62 Å². The molecule has 1 amide bonds. The molecule has 0 saturated carbocycles. The molecule has 0 bridgehead atoms. The fourth-order valence-electron chi connectivity index (χ4n) is 3.02. The molecule has 3 rings (SSSR count). The number of sulfonamides is 1. The third-order valence-electron chi connectivity index (χ3n) is 4.38. The number of carbonyl (C=O) groups excluding carboxylic acids is 1. The molecule has 5 nitrogen and oxygen atoms in total. The Morgan fingerprint density at radius 2 is 1.72 bits per heavy atom. The van der Waals surface area contributed by atoms with E-state index >= 15 is 0 Å². The van der Waals surface area contributed by atoms with E-state index in [0.717, 1.165) is 17.0 Å². The van der Waals surface area contributed by atoms with Crippen LogP contribution in [0.15, 0.2) is 60.7 Å². The molecule has 0 fully saturated rings. The molecule has 8 heteroatoms. The maximum Gasteiger partial charge on any atom is 0.232 e. The first-order chi connectivity index (χ1) is 13.7. The maximum atomic E-state index is 12.3. The van der Waals surface area contributed by atoms with E-state index in [1.807, 2.05) is 42.5 Å².